The van der Waals surface area contributed by atoms with Gasteiger partial charge in [-0.1, -0.05) is 12.1 Å². The number of anilines is 1. The van der Waals surface area contributed by atoms with Gasteiger partial charge < -0.3 is 19.9 Å². The number of phenols is 1. The maximum atomic E-state index is 12.2. The minimum Gasteiger partial charge on any atom is -0.507 e. The molecule has 142 valence electrons. The number of ether oxygens (including phenoxy) is 2. The summed E-state index contributed by atoms with van der Waals surface area (Å²) >= 11 is 0. The Morgan fingerprint density at radius 2 is 1.85 bits per heavy atom. The lowest BCUT2D eigenvalue weighted by atomic mass is 10.2. The second kappa shape index (κ2) is 9.23. The van der Waals surface area contributed by atoms with Crippen LogP contribution in [0.2, 0.25) is 0 Å². The number of para-hydroxylation sites is 1. The molecule has 0 heterocycles. The van der Waals surface area contributed by atoms with E-state index in [1.54, 1.807) is 37.3 Å². The van der Waals surface area contributed by atoms with Crippen LogP contribution in [0.5, 0.6) is 17.2 Å². The monoisotopic (exact) mass is 371 g/mol. The largest absolute Gasteiger partial charge is 0.507 e. The van der Waals surface area contributed by atoms with Crippen LogP contribution in [0.1, 0.15) is 23.7 Å². The highest BCUT2D eigenvalue weighted by atomic mass is 16.5. The first-order valence-electron chi connectivity index (χ1n) is 8.08. The van der Waals surface area contributed by atoms with Gasteiger partial charge in [-0.05, 0) is 31.2 Å². The lowest BCUT2D eigenvalue weighted by Crippen LogP contribution is -2.21. The molecule has 8 nitrogen and oxygen atoms in total. The maximum Gasteiger partial charge on any atom is 0.275 e. The summed E-state index contributed by atoms with van der Waals surface area (Å²) in [6.07, 6.45) is -0.0403. The Morgan fingerprint density at radius 1 is 1.11 bits per heavy atom. The van der Waals surface area contributed by atoms with Crippen LogP contribution in [0, 0.1) is 0 Å². The molecule has 27 heavy (non-hydrogen) atoms. The molecule has 2 aromatic rings. The van der Waals surface area contributed by atoms with E-state index < -0.39 is 5.91 Å². The summed E-state index contributed by atoms with van der Waals surface area (Å²) in [5.41, 5.74) is 3.26. The summed E-state index contributed by atoms with van der Waals surface area (Å²) in [7, 11) is 3.02. The van der Waals surface area contributed by atoms with E-state index in [1.807, 2.05) is 0 Å². The Labute approximate surface area is 156 Å². The van der Waals surface area contributed by atoms with Gasteiger partial charge in [-0.25, -0.2) is 5.43 Å². The van der Waals surface area contributed by atoms with Gasteiger partial charge in [0, 0.05) is 11.8 Å². The van der Waals surface area contributed by atoms with Gasteiger partial charge in [0.1, 0.15) is 17.2 Å². The molecule has 8 heteroatoms. The molecule has 0 saturated heterocycles. The quantitative estimate of drug-likeness (QED) is 0.512. The SMILES string of the molecule is COc1ccc(OC)c(NC(=O)CC(C)=NNC(=O)c2ccccc2O)c1. The lowest BCUT2D eigenvalue weighted by Gasteiger charge is -2.11. The molecule has 0 aliphatic rings. The van der Waals surface area contributed by atoms with Crippen molar-refractivity contribution in [1.82, 2.24) is 5.43 Å². The molecule has 2 aromatic carbocycles. The number of aromatic hydroxyl groups is 1. The Hall–Kier alpha value is -3.55. The van der Waals surface area contributed by atoms with Crippen molar-refractivity contribution in [3.05, 3.63) is 48.0 Å². The average molecular weight is 371 g/mol. The number of benzene rings is 2. The van der Waals surface area contributed by atoms with E-state index >= 15 is 0 Å². The van der Waals surface area contributed by atoms with Crippen LogP contribution in [0.25, 0.3) is 0 Å². The molecule has 0 saturated carbocycles. The number of carbonyl (C=O) groups excluding carboxylic acids is 2. The first-order chi connectivity index (χ1) is 12.9. The van der Waals surface area contributed by atoms with Gasteiger partial charge in [0.15, 0.2) is 0 Å². The van der Waals surface area contributed by atoms with E-state index in [0.29, 0.717) is 22.9 Å². The number of hydrazone groups is 1. The zero-order valence-corrected chi connectivity index (χ0v) is 15.3. The van der Waals surface area contributed by atoms with Crippen LogP contribution in [-0.2, 0) is 4.79 Å². The molecule has 2 rings (SSSR count). The number of hydrogen-bond acceptors (Lipinski definition) is 6. The molecule has 0 aliphatic carbocycles. The van der Waals surface area contributed by atoms with Crippen LogP contribution in [-0.4, -0.2) is 36.9 Å². The summed E-state index contributed by atoms with van der Waals surface area (Å²) in [5.74, 6) is 0.0191. The average Bonchev–Trinajstić information content (AvgIpc) is 2.66. The lowest BCUT2D eigenvalue weighted by molar-refractivity contribution is -0.115. The van der Waals surface area contributed by atoms with Crippen LogP contribution in [0.4, 0.5) is 5.69 Å². The van der Waals surface area contributed by atoms with Gasteiger partial charge >= 0.3 is 0 Å². The van der Waals surface area contributed by atoms with Crippen molar-refractivity contribution in [2.75, 3.05) is 19.5 Å². The van der Waals surface area contributed by atoms with Crippen molar-refractivity contribution in [2.24, 2.45) is 5.10 Å². The van der Waals surface area contributed by atoms with Crippen LogP contribution < -0.4 is 20.2 Å². The van der Waals surface area contributed by atoms with E-state index in [9.17, 15) is 14.7 Å². The van der Waals surface area contributed by atoms with Gasteiger partial charge in [0.2, 0.25) is 5.91 Å². The number of rotatable bonds is 7. The van der Waals surface area contributed by atoms with Crippen LogP contribution in [0.15, 0.2) is 47.6 Å². The Balaban J connectivity index is 1.98. The third-order valence-electron chi connectivity index (χ3n) is 3.59. The van der Waals surface area contributed by atoms with Gasteiger partial charge in [-0.3, -0.25) is 9.59 Å². The van der Waals surface area contributed by atoms with Crippen molar-refractivity contribution in [3.8, 4) is 17.2 Å². The fourth-order valence-electron chi connectivity index (χ4n) is 2.25. The molecule has 0 fully saturated rings. The second-order valence-electron chi connectivity index (χ2n) is 5.60. The number of hydrogen-bond donors (Lipinski definition) is 3. The Kier molecular flexibility index (Phi) is 6.76. The van der Waals surface area contributed by atoms with E-state index in [-0.39, 0.29) is 23.6 Å². The standard InChI is InChI=1S/C19H21N3O5/c1-12(21-22-19(25)14-6-4-5-7-16(14)23)10-18(24)20-15-11-13(26-2)8-9-17(15)27-3/h4-9,11,23H,10H2,1-3H3,(H,20,24)(H,22,25). The molecular formula is C19H21N3O5. The smallest absolute Gasteiger partial charge is 0.275 e. The predicted molar refractivity (Wildman–Crippen MR) is 101 cm³/mol. The van der Waals surface area contributed by atoms with Crippen molar-refractivity contribution in [3.63, 3.8) is 0 Å². The molecular weight excluding hydrogens is 350 g/mol. The van der Waals surface area contributed by atoms with E-state index in [2.05, 4.69) is 15.8 Å². The zero-order chi connectivity index (χ0) is 19.8. The van der Waals surface area contributed by atoms with Gasteiger partial charge in [-0.2, -0.15) is 5.10 Å². The Morgan fingerprint density at radius 3 is 2.52 bits per heavy atom. The van der Waals surface area contributed by atoms with Gasteiger partial charge in [0.25, 0.3) is 5.91 Å². The number of nitrogens with zero attached hydrogens (tertiary/aromatic N) is 1. The van der Waals surface area contributed by atoms with Crippen LogP contribution >= 0.6 is 0 Å². The third-order valence-corrected chi connectivity index (χ3v) is 3.59. The summed E-state index contributed by atoms with van der Waals surface area (Å²) in [4.78, 5) is 24.2. The number of phenolic OH excluding ortho intramolecular Hbond substituents is 1. The van der Waals surface area contributed by atoms with E-state index in [0.717, 1.165) is 0 Å². The minimum absolute atomic E-state index is 0.0403. The first kappa shape index (κ1) is 19.8. The Bertz CT molecular complexity index is 864. The number of amides is 2. The molecule has 0 spiro atoms. The molecule has 2 amide bonds. The van der Waals surface area contributed by atoms with Crippen molar-refractivity contribution < 1.29 is 24.2 Å². The molecule has 0 radical (unpaired) electrons. The third kappa shape index (κ3) is 5.46. The fraction of sp³-hybridized carbons (Fsp3) is 0.211. The highest BCUT2D eigenvalue weighted by Gasteiger charge is 2.12. The van der Waals surface area contributed by atoms with Crippen molar-refractivity contribution in [1.29, 1.82) is 0 Å². The van der Waals surface area contributed by atoms with E-state index in [4.69, 9.17) is 9.47 Å². The predicted octanol–water partition coefficient (Wildman–Crippen LogP) is 2.54. The normalized spacial score (nSPS) is 10.9. The highest BCUT2D eigenvalue weighted by Crippen LogP contribution is 2.28. The fourth-order valence-corrected chi connectivity index (χ4v) is 2.25. The topological polar surface area (TPSA) is 109 Å². The summed E-state index contributed by atoms with van der Waals surface area (Å²) in [6, 6.07) is 11.1. The highest BCUT2D eigenvalue weighted by molar-refractivity contribution is 6.06. The zero-order valence-electron chi connectivity index (χ0n) is 15.3. The number of carbonyl (C=O) groups is 2. The molecule has 0 atom stereocenters. The number of methoxy groups -OCH3 is 2. The molecule has 0 unspecified atom stereocenters. The second-order valence-corrected chi connectivity index (χ2v) is 5.60. The maximum absolute atomic E-state index is 12.2. The van der Waals surface area contributed by atoms with Gasteiger partial charge in [0.05, 0.1) is 31.9 Å². The van der Waals surface area contributed by atoms with E-state index in [1.165, 1.54) is 26.4 Å². The summed E-state index contributed by atoms with van der Waals surface area (Å²) < 4.78 is 10.3. The van der Waals surface area contributed by atoms with Gasteiger partial charge in [-0.15, -0.1) is 0 Å². The van der Waals surface area contributed by atoms with Crippen molar-refractivity contribution in [2.45, 2.75) is 13.3 Å². The summed E-state index contributed by atoms with van der Waals surface area (Å²) in [5, 5.41) is 16.3. The minimum atomic E-state index is -0.567. The molecule has 3 N–H and O–H groups in total. The van der Waals surface area contributed by atoms with Crippen molar-refractivity contribution >= 4 is 23.2 Å². The van der Waals surface area contributed by atoms with Crippen LogP contribution in [0.3, 0.4) is 0 Å². The molecule has 0 aromatic heterocycles. The number of nitrogens with one attached hydrogen (secondary N) is 2. The summed E-state index contributed by atoms with van der Waals surface area (Å²) in [6.45, 7) is 1.60. The molecule has 0 aliphatic heterocycles. The molecule has 0 bridgehead atoms. The first-order valence-corrected chi connectivity index (χ1v) is 8.08.